The monoisotopic (exact) mass is 339 g/mol. The highest BCUT2D eigenvalue weighted by Gasteiger charge is 2.71. The molecule has 0 aliphatic carbocycles. The van der Waals surface area contributed by atoms with Crippen molar-refractivity contribution in [1.29, 1.82) is 0 Å². The van der Waals surface area contributed by atoms with E-state index >= 15 is 0 Å². The van der Waals surface area contributed by atoms with Crippen LogP contribution in [0.5, 0.6) is 0 Å². The Morgan fingerprint density at radius 1 is 0.913 bits per heavy atom. The molecule has 2 heterocycles. The number of rotatable bonds is 3. The van der Waals surface area contributed by atoms with Crippen molar-refractivity contribution in [3.05, 3.63) is 36.4 Å². The van der Waals surface area contributed by atoms with Crippen molar-refractivity contribution in [3.63, 3.8) is 0 Å². The third kappa shape index (κ3) is 3.16. The van der Waals surface area contributed by atoms with E-state index in [1.165, 1.54) is 12.4 Å². The van der Waals surface area contributed by atoms with E-state index in [0.29, 0.717) is 6.07 Å². The van der Waals surface area contributed by atoms with Gasteiger partial charge in [-0.3, -0.25) is 4.98 Å². The molecule has 0 aromatic carbocycles. The first-order valence-corrected chi connectivity index (χ1v) is 5.78. The summed E-state index contributed by atoms with van der Waals surface area (Å²) in [5, 5.41) is 18.0. The van der Waals surface area contributed by atoms with Crippen molar-refractivity contribution in [2.45, 2.75) is 18.0 Å². The van der Waals surface area contributed by atoms with Gasteiger partial charge in [-0.2, -0.15) is 31.4 Å². The Hall–Kier alpha value is -2.50. The van der Waals surface area contributed by atoms with Crippen molar-refractivity contribution in [3.8, 4) is 0 Å². The minimum Gasteiger partial charge on any atom is -0.369 e. The minimum absolute atomic E-state index is 0.0153. The van der Waals surface area contributed by atoms with Crippen LogP contribution in [0.4, 0.5) is 38.0 Å². The molecule has 2 N–H and O–H groups in total. The fourth-order valence-corrected chi connectivity index (χ4v) is 1.61. The highest BCUT2D eigenvalue weighted by Crippen LogP contribution is 2.50. The van der Waals surface area contributed by atoms with Gasteiger partial charge in [-0.15, -0.1) is 5.10 Å². The molecule has 124 valence electrons. The highest BCUT2D eigenvalue weighted by atomic mass is 19.4. The minimum atomic E-state index is -6.00. The summed E-state index contributed by atoms with van der Waals surface area (Å²) >= 11 is 0. The van der Waals surface area contributed by atoms with Crippen LogP contribution < -0.4 is 5.32 Å². The number of alkyl halides is 6. The van der Waals surface area contributed by atoms with Gasteiger partial charge in [0.1, 0.15) is 5.82 Å². The average Bonchev–Trinajstić information content (AvgIpc) is 2.45. The Labute approximate surface area is 124 Å². The van der Waals surface area contributed by atoms with Gasteiger partial charge in [0.05, 0.1) is 12.4 Å². The second kappa shape index (κ2) is 5.61. The van der Waals surface area contributed by atoms with Gasteiger partial charge in [0, 0.05) is 18.0 Å². The topological polar surface area (TPSA) is 83.8 Å². The second-order valence-corrected chi connectivity index (χ2v) is 4.25. The van der Waals surface area contributed by atoms with E-state index in [1.807, 2.05) is 0 Å². The molecule has 0 saturated carbocycles. The summed E-state index contributed by atoms with van der Waals surface area (Å²) in [6.45, 7) is 0. The number of halogens is 6. The number of hydrogen-bond donors (Lipinski definition) is 2. The van der Waals surface area contributed by atoms with Crippen LogP contribution in [0.15, 0.2) is 30.9 Å². The summed E-state index contributed by atoms with van der Waals surface area (Å²) in [5.41, 5.74) is -6.60. The van der Waals surface area contributed by atoms with E-state index in [1.54, 1.807) is 0 Å². The summed E-state index contributed by atoms with van der Waals surface area (Å²) in [4.78, 5) is 7.36. The number of hydrogen-bond acceptors (Lipinski definition) is 6. The number of nitrogens with zero attached hydrogens (tertiary/aromatic N) is 4. The summed E-state index contributed by atoms with van der Waals surface area (Å²) in [6.07, 6.45) is -8.12. The van der Waals surface area contributed by atoms with Gasteiger partial charge in [0.2, 0.25) is 0 Å². The fraction of sp³-hybridized carbons (Fsp3) is 0.273. The molecule has 0 spiro atoms. The quantitative estimate of drug-likeness (QED) is 0.835. The maximum absolute atomic E-state index is 12.8. The molecule has 0 radical (unpaired) electrons. The molecule has 0 amide bonds. The van der Waals surface area contributed by atoms with Crippen molar-refractivity contribution in [2.24, 2.45) is 0 Å². The van der Waals surface area contributed by atoms with Crippen molar-refractivity contribution in [2.75, 3.05) is 5.32 Å². The van der Waals surface area contributed by atoms with E-state index in [0.717, 1.165) is 6.20 Å². The molecular weight excluding hydrogens is 332 g/mol. The Bertz CT molecular complexity index is 661. The number of aliphatic hydroxyl groups is 1. The van der Waals surface area contributed by atoms with Crippen LogP contribution >= 0.6 is 0 Å². The first kappa shape index (κ1) is 16.9. The molecule has 0 bridgehead atoms. The summed E-state index contributed by atoms with van der Waals surface area (Å²) in [6, 6.07) is 0.378. The lowest BCUT2D eigenvalue weighted by Crippen LogP contribution is -2.54. The molecule has 0 atom stereocenters. The number of anilines is 2. The SMILES string of the molecule is OC(c1cnnc(Nc2cnccn2)c1)(C(F)(F)F)C(F)(F)F. The largest absolute Gasteiger partial charge is 0.430 e. The highest BCUT2D eigenvalue weighted by molar-refractivity contribution is 5.51. The zero-order valence-corrected chi connectivity index (χ0v) is 10.9. The maximum atomic E-state index is 12.8. The van der Waals surface area contributed by atoms with Crippen LogP contribution in [-0.4, -0.2) is 37.6 Å². The van der Waals surface area contributed by atoms with Crippen LogP contribution in [0.2, 0.25) is 0 Å². The summed E-state index contributed by atoms with van der Waals surface area (Å²) in [7, 11) is 0. The van der Waals surface area contributed by atoms with Gasteiger partial charge >= 0.3 is 12.4 Å². The van der Waals surface area contributed by atoms with Gasteiger partial charge in [0.15, 0.2) is 5.82 Å². The molecule has 2 rings (SSSR count). The lowest BCUT2D eigenvalue weighted by Gasteiger charge is -2.32. The van der Waals surface area contributed by atoms with E-state index in [2.05, 4.69) is 25.5 Å². The lowest BCUT2D eigenvalue weighted by molar-refractivity contribution is -0.376. The predicted octanol–water partition coefficient (Wildman–Crippen LogP) is 2.32. The number of nitrogens with one attached hydrogen (secondary N) is 1. The Balaban J connectivity index is 2.45. The van der Waals surface area contributed by atoms with E-state index in [9.17, 15) is 31.4 Å². The third-order valence-corrected chi connectivity index (χ3v) is 2.71. The van der Waals surface area contributed by atoms with E-state index in [4.69, 9.17) is 0 Å². The molecule has 0 fully saturated rings. The third-order valence-electron chi connectivity index (χ3n) is 2.71. The molecule has 2 aromatic heterocycles. The van der Waals surface area contributed by atoms with Crippen LogP contribution in [0.1, 0.15) is 5.56 Å². The van der Waals surface area contributed by atoms with Gasteiger partial charge in [-0.25, -0.2) is 4.98 Å². The van der Waals surface area contributed by atoms with Crippen LogP contribution in [0.3, 0.4) is 0 Å². The second-order valence-electron chi connectivity index (χ2n) is 4.25. The van der Waals surface area contributed by atoms with Gasteiger partial charge in [-0.05, 0) is 6.07 Å². The first-order valence-electron chi connectivity index (χ1n) is 5.78. The number of aromatic nitrogens is 4. The normalized spacial score (nSPS) is 13.0. The first-order chi connectivity index (χ1) is 10.6. The Kier molecular flexibility index (Phi) is 4.11. The molecular formula is C11H7F6N5O. The summed E-state index contributed by atoms with van der Waals surface area (Å²) in [5.74, 6) is -0.462. The predicted molar refractivity (Wildman–Crippen MR) is 63.4 cm³/mol. The van der Waals surface area contributed by atoms with Crippen LogP contribution in [0.25, 0.3) is 0 Å². The molecule has 0 unspecified atom stereocenters. The molecule has 6 nitrogen and oxygen atoms in total. The Morgan fingerprint density at radius 3 is 2.09 bits per heavy atom. The molecule has 0 saturated heterocycles. The fourth-order valence-electron chi connectivity index (χ4n) is 1.61. The average molecular weight is 339 g/mol. The Morgan fingerprint density at radius 2 is 1.57 bits per heavy atom. The van der Waals surface area contributed by atoms with E-state index in [-0.39, 0.29) is 12.0 Å². The maximum Gasteiger partial charge on any atom is 0.430 e. The smallest absolute Gasteiger partial charge is 0.369 e. The lowest BCUT2D eigenvalue weighted by atomic mass is 9.94. The standard InChI is InChI=1S/C11H7F6N5O/c12-10(13,14)9(23,11(15,16)17)6-3-7(22-20-4-6)21-8-5-18-1-2-19-8/h1-5,23H,(H,19,21,22). The summed E-state index contributed by atoms with van der Waals surface area (Å²) < 4.78 is 76.7. The zero-order chi connectivity index (χ0) is 17.3. The van der Waals surface area contributed by atoms with Crippen molar-refractivity contribution >= 4 is 11.6 Å². The van der Waals surface area contributed by atoms with Gasteiger partial charge in [-0.1, -0.05) is 0 Å². The molecule has 0 aliphatic rings. The molecule has 2 aromatic rings. The zero-order valence-electron chi connectivity index (χ0n) is 10.9. The van der Waals surface area contributed by atoms with Gasteiger partial charge < -0.3 is 10.4 Å². The van der Waals surface area contributed by atoms with Crippen LogP contribution in [0, 0.1) is 0 Å². The molecule has 0 aliphatic heterocycles. The van der Waals surface area contributed by atoms with Crippen LogP contribution in [-0.2, 0) is 5.60 Å². The van der Waals surface area contributed by atoms with Crippen molar-refractivity contribution < 1.29 is 31.4 Å². The van der Waals surface area contributed by atoms with Crippen molar-refractivity contribution in [1.82, 2.24) is 20.2 Å². The van der Waals surface area contributed by atoms with E-state index < -0.39 is 29.3 Å². The molecule has 12 heteroatoms. The molecule has 23 heavy (non-hydrogen) atoms. The van der Waals surface area contributed by atoms with Gasteiger partial charge in [0.25, 0.3) is 5.60 Å².